The minimum atomic E-state index is 0.0290. The molecule has 0 aromatic heterocycles. The van der Waals surface area contributed by atoms with E-state index in [0.717, 1.165) is 13.1 Å². The van der Waals surface area contributed by atoms with Gasteiger partial charge in [0.05, 0.1) is 6.61 Å². The number of carbonyl (C=O) groups is 1. The summed E-state index contributed by atoms with van der Waals surface area (Å²) in [4.78, 5) is 13.4. The smallest absolute Gasteiger partial charge is 0.221 e. The van der Waals surface area contributed by atoms with Crippen molar-refractivity contribution in [2.45, 2.75) is 19.4 Å². The van der Waals surface area contributed by atoms with Crippen LogP contribution in [0.2, 0.25) is 0 Å². The molecule has 0 fully saturated rings. The summed E-state index contributed by atoms with van der Waals surface area (Å²) in [5.74, 6) is 0.0290. The first kappa shape index (κ1) is 14.3. The van der Waals surface area contributed by atoms with Crippen molar-refractivity contribution < 1.29 is 9.53 Å². The summed E-state index contributed by atoms with van der Waals surface area (Å²) in [6, 6.07) is 0.102. The van der Waals surface area contributed by atoms with Crippen LogP contribution in [0.3, 0.4) is 0 Å². The second kappa shape index (κ2) is 8.64. The molecule has 0 aliphatic rings. The fraction of sp³-hybridized carbons (Fsp3) is 0.900. The fourth-order valence-corrected chi connectivity index (χ4v) is 1.49. The van der Waals surface area contributed by atoms with Crippen molar-refractivity contribution in [2.24, 2.45) is 5.73 Å². The van der Waals surface area contributed by atoms with Crippen molar-refractivity contribution in [3.05, 3.63) is 0 Å². The van der Waals surface area contributed by atoms with Gasteiger partial charge in [-0.3, -0.25) is 9.69 Å². The monoisotopic (exact) mass is 217 g/mol. The highest BCUT2D eigenvalue weighted by atomic mass is 16.5. The van der Waals surface area contributed by atoms with E-state index >= 15 is 0 Å². The fourth-order valence-electron chi connectivity index (χ4n) is 1.49. The van der Waals surface area contributed by atoms with Crippen LogP contribution in [0.5, 0.6) is 0 Å². The molecule has 0 bridgehead atoms. The van der Waals surface area contributed by atoms with Gasteiger partial charge in [0.1, 0.15) is 0 Å². The zero-order valence-corrected chi connectivity index (χ0v) is 9.95. The van der Waals surface area contributed by atoms with Crippen LogP contribution in [0.15, 0.2) is 0 Å². The van der Waals surface area contributed by atoms with Crippen LogP contribution in [0, 0.1) is 0 Å². The molecule has 0 aliphatic heterocycles. The summed E-state index contributed by atoms with van der Waals surface area (Å²) < 4.78 is 5.02. The molecular weight excluding hydrogens is 194 g/mol. The maximum Gasteiger partial charge on any atom is 0.221 e. The van der Waals surface area contributed by atoms with Gasteiger partial charge in [-0.25, -0.2) is 0 Å². The Hall–Kier alpha value is -0.650. The van der Waals surface area contributed by atoms with Crippen molar-refractivity contribution >= 4 is 5.91 Å². The maximum absolute atomic E-state index is 11.3. The van der Waals surface area contributed by atoms with E-state index in [1.165, 1.54) is 0 Å². The number of hydrogen-bond acceptors (Lipinski definition) is 4. The number of nitrogens with two attached hydrogens (primary N) is 1. The molecule has 90 valence electrons. The third kappa shape index (κ3) is 5.71. The number of rotatable bonds is 8. The summed E-state index contributed by atoms with van der Waals surface area (Å²) in [5, 5.41) is 2.61. The molecule has 5 nitrogen and oxygen atoms in total. The molecule has 1 amide bonds. The third-order valence-electron chi connectivity index (χ3n) is 2.48. The molecule has 5 heteroatoms. The molecular formula is C10H23N3O2. The molecule has 15 heavy (non-hydrogen) atoms. The first-order valence-corrected chi connectivity index (χ1v) is 5.33. The number of carbonyl (C=O) groups excluding carboxylic acids is 1. The van der Waals surface area contributed by atoms with Gasteiger partial charge in [0.25, 0.3) is 0 Å². The predicted molar refractivity (Wildman–Crippen MR) is 60.6 cm³/mol. The van der Waals surface area contributed by atoms with Crippen LogP contribution in [0.1, 0.15) is 13.3 Å². The standard InChI is InChI=1S/C10H23N3O2/c1-4-13(5-6-15-3)9(8-11)7-10(14)12-2/h9H,4-8,11H2,1-3H3,(H,12,14). The minimum absolute atomic E-state index is 0.0290. The molecule has 1 unspecified atom stereocenters. The van der Waals surface area contributed by atoms with Gasteiger partial charge in [-0.2, -0.15) is 0 Å². The highest BCUT2D eigenvalue weighted by Crippen LogP contribution is 2.02. The summed E-state index contributed by atoms with van der Waals surface area (Å²) in [6.07, 6.45) is 0.449. The van der Waals surface area contributed by atoms with E-state index in [4.69, 9.17) is 10.5 Å². The molecule has 0 saturated heterocycles. The number of ether oxygens (including phenoxy) is 1. The normalized spacial score (nSPS) is 12.9. The van der Waals surface area contributed by atoms with E-state index in [1.54, 1.807) is 14.2 Å². The van der Waals surface area contributed by atoms with E-state index in [-0.39, 0.29) is 11.9 Å². The second-order valence-corrected chi connectivity index (χ2v) is 3.39. The Bertz CT molecular complexity index is 176. The van der Waals surface area contributed by atoms with Crippen molar-refractivity contribution in [3.8, 4) is 0 Å². The van der Waals surface area contributed by atoms with Crippen LogP contribution in [0.4, 0.5) is 0 Å². The molecule has 0 aromatic carbocycles. The Labute approximate surface area is 91.9 Å². The van der Waals surface area contributed by atoms with Gasteiger partial charge in [0.15, 0.2) is 0 Å². The van der Waals surface area contributed by atoms with E-state index < -0.39 is 0 Å². The largest absolute Gasteiger partial charge is 0.383 e. The van der Waals surface area contributed by atoms with Gasteiger partial charge in [-0.1, -0.05) is 6.92 Å². The first-order valence-electron chi connectivity index (χ1n) is 5.33. The van der Waals surface area contributed by atoms with Crippen molar-refractivity contribution in [2.75, 3.05) is 40.4 Å². The van der Waals surface area contributed by atoms with Gasteiger partial charge in [-0.05, 0) is 6.54 Å². The lowest BCUT2D eigenvalue weighted by molar-refractivity contribution is -0.121. The SMILES string of the molecule is CCN(CCOC)C(CN)CC(=O)NC. The van der Waals surface area contributed by atoms with Gasteiger partial charge >= 0.3 is 0 Å². The van der Waals surface area contributed by atoms with Crippen molar-refractivity contribution in [1.29, 1.82) is 0 Å². The number of hydrogen-bond donors (Lipinski definition) is 2. The van der Waals surface area contributed by atoms with Gasteiger partial charge in [0, 0.05) is 39.7 Å². The van der Waals surface area contributed by atoms with Gasteiger partial charge < -0.3 is 15.8 Å². The molecule has 0 aliphatic carbocycles. The Kier molecular flexibility index (Phi) is 8.27. The quantitative estimate of drug-likeness (QED) is 0.571. The highest BCUT2D eigenvalue weighted by Gasteiger charge is 2.17. The molecule has 1 atom stereocenters. The molecule has 0 spiro atoms. The van der Waals surface area contributed by atoms with Crippen LogP contribution < -0.4 is 11.1 Å². The van der Waals surface area contributed by atoms with E-state index in [1.807, 2.05) is 0 Å². The average molecular weight is 217 g/mol. The van der Waals surface area contributed by atoms with Gasteiger partial charge in [-0.15, -0.1) is 0 Å². The number of nitrogens with zero attached hydrogens (tertiary/aromatic N) is 1. The topological polar surface area (TPSA) is 67.6 Å². The lowest BCUT2D eigenvalue weighted by Gasteiger charge is -2.28. The van der Waals surface area contributed by atoms with Gasteiger partial charge in [0.2, 0.25) is 5.91 Å². The average Bonchev–Trinajstić information content (AvgIpc) is 2.27. The number of amides is 1. The Balaban J connectivity index is 4.13. The first-order chi connectivity index (χ1) is 7.19. The molecule has 0 radical (unpaired) electrons. The van der Waals surface area contributed by atoms with Crippen molar-refractivity contribution in [3.63, 3.8) is 0 Å². The molecule has 0 aromatic rings. The summed E-state index contributed by atoms with van der Waals surface area (Å²) in [5.41, 5.74) is 5.66. The zero-order chi connectivity index (χ0) is 11.7. The summed E-state index contributed by atoms with van der Waals surface area (Å²) in [6.45, 7) is 4.90. The molecule has 0 rings (SSSR count). The van der Waals surface area contributed by atoms with E-state index in [0.29, 0.717) is 19.6 Å². The Morgan fingerprint density at radius 2 is 2.27 bits per heavy atom. The van der Waals surface area contributed by atoms with Crippen LogP contribution >= 0.6 is 0 Å². The summed E-state index contributed by atoms with van der Waals surface area (Å²) in [7, 11) is 3.31. The predicted octanol–water partition coefficient (Wildman–Crippen LogP) is -0.582. The zero-order valence-electron chi connectivity index (χ0n) is 9.95. The maximum atomic E-state index is 11.3. The van der Waals surface area contributed by atoms with Crippen molar-refractivity contribution in [1.82, 2.24) is 10.2 Å². The van der Waals surface area contributed by atoms with Crippen LogP contribution in [-0.4, -0.2) is 57.2 Å². The lowest BCUT2D eigenvalue weighted by Crippen LogP contribution is -2.44. The highest BCUT2D eigenvalue weighted by molar-refractivity contribution is 5.76. The second-order valence-electron chi connectivity index (χ2n) is 3.39. The number of methoxy groups -OCH3 is 1. The molecule has 0 saturated carbocycles. The van der Waals surface area contributed by atoms with E-state index in [2.05, 4.69) is 17.1 Å². The van der Waals surface area contributed by atoms with E-state index in [9.17, 15) is 4.79 Å². The number of likely N-dealkylation sites (N-methyl/N-ethyl adjacent to an activating group) is 1. The van der Waals surface area contributed by atoms with Crippen LogP contribution in [-0.2, 0) is 9.53 Å². The molecule has 0 heterocycles. The Morgan fingerprint density at radius 3 is 2.67 bits per heavy atom. The minimum Gasteiger partial charge on any atom is -0.383 e. The Morgan fingerprint density at radius 1 is 1.60 bits per heavy atom. The lowest BCUT2D eigenvalue weighted by atomic mass is 10.1. The summed E-state index contributed by atoms with van der Waals surface area (Å²) >= 11 is 0. The number of nitrogens with one attached hydrogen (secondary N) is 1. The van der Waals surface area contributed by atoms with Crippen LogP contribution in [0.25, 0.3) is 0 Å². The third-order valence-corrected chi connectivity index (χ3v) is 2.48. The molecule has 3 N–H and O–H groups in total.